The van der Waals surface area contributed by atoms with Gasteiger partial charge in [0.05, 0.1) is 38.5 Å². The number of aliphatic hydroxyl groups excluding tert-OH is 1. The number of rotatable bonds is 9. The van der Waals surface area contributed by atoms with Crippen molar-refractivity contribution in [2.75, 3.05) is 20.0 Å². The molecule has 0 spiro atoms. The summed E-state index contributed by atoms with van der Waals surface area (Å²) in [5.74, 6) is 1.78. The van der Waals surface area contributed by atoms with Gasteiger partial charge in [0, 0.05) is 12.1 Å². The van der Waals surface area contributed by atoms with E-state index in [0.717, 1.165) is 11.3 Å². The zero-order chi connectivity index (χ0) is 19.9. The number of carbonyl (C=O) groups is 1. The quantitative estimate of drug-likeness (QED) is 0.440. The Morgan fingerprint density at radius 1 is 1.04 bits per heavy atom. The summed E-state index contributed by atoms with van der Waals surface area (Å²) < 4.78 is 12.2. The lowest BCUT2D eigenvalue weighted by molar-refractivity contribution is 0.102. The molecule has 1 aromatic heterocycles. The Morgan fingerprint density at radius 3 is 2.21 bits per heavy atom. The summed E-state index contributed by atoms with van der Waals surface area (Å²) in [5.41, 5.74) is 2.39. The standard InChI is InChI=1S/C21H22N2O4S/c1-26-18-7-3-15(4-8-18)12-23-17(13-24)11-22-21(23)28-14-20(25)16-5-9-19(27-2)10-6-16/h3-11,24H,12-14H2,1-2H3. The van der Waals surface area contributed by atoms with Crippen LogP contribution in [0, 0.1) is 0 Å². The van der Waals surface area contributed by atoms with Crippen LogP contribution < -0.4 is 9.47 Å². The van der Waals surface area contributed by atoms with Crippen LogP contribution in [0.2, 0.25) is 0 Å². The Labute approximate surface area is 168 Å². The first-order chi connectivity index (χ1) is 13.6. The van der Waals surface area contributed by atoms with Crippen molar-refractivity contribution in [1.82, 2.24) is 9.55 Å². The highest BCUT2D eigenvalue weighted by Gasteiger charge is 2.14. The van der Waals surface area contributed by atoms with Crippen LogP contribution in [0.25, 0.3) is 0 Å². The van der Waals surface area contributed by atoms with Crippen molar-refractivity contribution in [2.24, 2.45) is 0 Å². The van der Waals surface area contributed by atoms with Gasteiger partial charge in [0.1, 0.15) is 11.5 Å². The molecule has 146 valence electrons. The highest BCUT2D eigenvalue weighted by molar-refractivity contribution is 7.99. The number of benzene rings is 2. The lowest BCUT2D eigenvalue weighted by atomic mass is 10.1. The van der Waals surface area contributed by atoms with E-state index in [-0.39, 0.29) is 18.1 Å². The second-order valence-corrected chi connectivity index (χ2v) is 7.01. The van der Waals surface area contributed by atoms with E-state index in [9.17, 15) is 9.90 Å². The first-order valence-corrected chi connectivity index (χ1v) is 9.71. The van der Waals surface area contributed by atoms with Gasteiger partial charge >= 0.3 is 0 Å². The van der Waals surface area contributed by atoms with E-state index in [4.69, 9.17) is 9.47 Å². The lowest BCUT2D eigenvalue weighted by Gasteiger charge is -2.11. The van der Waals surface area contributed by atoms with E-state index >= 15 is 0 Å². The smallest absolute Gasteiger partial charge is 0.173 e. The van der Waals surface area contributed by atoms with Gasteiger partial charge < -0.3 is 19.1 Å². The molecule has 1 N–H and O–H groups in total. The second-order valence-electron chi connectivity index (χ2n) is 6.06. The van der Waals surface area contributed by atoms with Gasteiger partial charge in [-0.1, -0.05) is 23.9 Å². The summed E-state index contributed by atoms with van der Waals surface area (Å²) in [7, 11) is 3.22. The predicted octanol–water partition coefficient (Wildman–Crippen LogP) is 3.42. The molecule has 0 aliphatic heterocycles. The maximum Gasteiger partial charge on any atom is 0.173 e. The predicted molar refractivity (Wildman–Crippen MR) is 108 cm³/mol. The molecule has 0 aliphatic rings. The molecule has 0 atom stereocenters. The fourth-order valence-electron chi connectivity index (χ4n) is 2.71. The van der Waals surface area contributed by atoms with Gasteiger partial charge in [0.2, 0.25) is 0 Å². The average molecular weight is 398 g/mol. The molecule has 6 nitrogen and oxygen atoms in total. The fraction of sp³-hybridized carbons (Fsp3) is 0.238. The van der Waals surface area contributed by atoms with Gasteiger partial charge in [0.15, 0.2) is 10.9 Å². The minimum Gasteiger partial charge on any atom is -0.497 e. The van der Waals surface area contributed by atoms with Crippen molar-refractivity contribution in [3.63, 3.8) is 0 Å². The molecular weight excluding hydrogens is 376 g/mol. The third kappa shape index (κ3) is 4.74. The van der Waals surface area contributed by atoms with Crippen LogP contribution >= 0.6 is 11.8 Å². The molecule has 0 fully saturated rings. The Morgan fingerprint density at radius 2 is 1.64 bits per heavy atom. The summed E-state index contributed by atoms with van der Waals surface area (Å²) in [6.07, 6.45) is 1.64. The Kier molecular flexibility index (Phi) is 6.73. The van der Waals surface area contributed by atoms with E-state index < -0.39 is 0 Å². The van der Waals surface area contributed by atoms with E-state index in [1.165, 1.54) is 11.8 Å². The molecular formula is C21H22N2O4S. The number of hydrogen-bond acceptors (Lipinski definition) is 6. The number of thioether (sulfide) groups is 1. The van der Waals surface area contributed by atoms with Gasteiger partial charge in [-0.25, -0.2) is 4.98 Å². The Bertz CT molecular complexity index is 921. The summed E-state index contributed by atoms with van der Waals surface area (Å²) in [6, 6.07) is 14.8. The average Bonchev–Trinajstić information content (AvgIpc) is 3.14. The third-order valence-electron chi connectivity index (χ3n) is 4.31. The van der Waals surface area contributed by atoms with Gasteiger partial charge in [-0.15, -0.1) is 0 Å². The molecule has 3 rings (SSSR count). The molecule has 3 aromatic rings. The summed E-state index contributed by atoms with van der Waals surface area (Å²) >= 11 is 1.36. The molecule has 0 radical (unpaired) electrons. The van der Waals surface area contributed by atoms with Crippen LogP contribution in [0.3, 0.4) is 0 Å². The number of nitrogens with zero attached hydrogens (tertiary/aromatic N) is 2. The van der Waals surface area contributed by atoms with Crippen molar-refractivity contribution in [3.05, 3.63) is 71.5 Å². The molecule has 28 heavy (non-hydrogen) atoms. The van der Waals surface area contributed by atoms with Gasteiger partial charge in [0.25, 0.3) is 0 Å². The van der Waals surface area contributed by atoms with Crippen molar-refractivity contribution in [3.8, 4) is 11.5 Å². The minimum atomic E-state index is -0.115. The van der Waals surface area contributed by atoms with Crippen LogP contribution in [-0.2, 0) is 13.2 Å². The van der Waals surface area contributed by atoms with Crippen LogP contribution in [-0.4, -0.2) is 40.4 Å². The molecule has 0 amide bonds. The normalized spacial score (nSPS) is 10.7. The van der Waals surface area contributed by atoms with E-state index in [1.54, 1.807) is 44.7 Å². The molecule has 0 aliphatic carbocycles. The number of carbonyl (C=O) groups excluding carboxylic acids is 1. The second kappa shape index (κ2) is 9.43. The molecule has 0 unspecified atom stereocenters. The Hall–Kier alpha value is -2.77. The molecule has 0 saturated heterocycles. The summed E-state index contributed by atoms with van der Waals surface area (Å²) in [6.45, 7) is 0.440. The van der Waals surface area contributed by atoms with E-state index in [0.29, 0.717) is 28.7 Å². The van der Waals surface area contributed by atoms with Crippen molar-refractivity contribution < 1.29 is 19.4 Å². The van der Waals surface area contributed by atoms with Crippen molar-refractivity contribution in [1.29, 1.82) is 0 Å². The van der Waals surface area contributed by atoms with Gasteiger partial charge in [-0.2, -0.15) is 0 Å². The zero-order valence-electron chi connectivity index (χ0n) is 15.8. The Balaban J connectivity index is 1.71. The number of aromatic nitrogens is 2. The molecule has 0 bridgehead atoms. The number of Topliss-reactive ketones (excluding diaryl/α,β-unsaturated/α-hetero) is 1. The lowest BCUT2D eigenvalue weighted by Crippen LogP contribution is -2.08. The number of ketones is 1. The third-order valence-corrected chi connectivity index (χ3v) is 5.30. The topological polar surface area (TPSA) is 73.6 Å². The van der Waals surface area contributed by atoms with E-state index in [2.05, 4.69) is 4.98 Å². The molecule has 0 saturated carbocycles. The van der Waals surface area contributed by atoms with Crippen molar-refractivity contribution >= 4 is 17.5 Å². The summed E-state index contributed by atoms with van der Waals surface area (Å²) in [4.78, 5) is 16.9. The number of hydrogen-bond donors (Lipinski definition) is 1. The van der Waals surface area contributed by atoms with Crippen LogP contribution in [0.5, 0.6) is 11.5 Å². The van der Waals surface area contributed by atoms with Crippen molar-refractivity contribution in [2.45, 2.75) is 18.3 Å². The van der Waals surface area contributed by atoms with Gasteiger partial charge in [-0.3, -0.25) is 4.79 Å². The maximum absolute atomic E-state index is 12.5. The first kappa shape index (κ1) is 20.0. The number of aliphatic hydroxyl groups is 1. The zero-order valence-corrected chi connectivity index (χ0v) is 16.6. The SMILES string of the molecule is COc1ccc(Cn2c(CO)cnc2SCC(=O)c2ccc(OC)cc2)cc1. The minimum absolute atomic E-state index is 0.0113. The molecule has 2 aromatic carbocycles. The number of methoxy groups -OCH3 is 2. The summed E-state index contributed by atoms with van der Waals surface area (Å²) in [5, 5.41) is 10.3. The molecule has 1 heterocycles. The highest BCUT2D eigenvalue weighted by atomic mass is 32.2. The first-order valence-electron chi connectivity index (χ1n) is 8.73. The van der Waals surface area contributed by atoms with E-state index in [1.807, 2.05) is 28.8 Å². The van der Waals surface area contributed by atoms with Crippen LogP contribution in [0.1, 0.15) is 21.6 Å². The highest BCUT2D eigenvalue weighted by Crippen LogP contribution is 2.23. The largest absolute Gasteiger partial charge is 0.497 e. The monoisotopic (exact) mass is 398 g/mol. The van der Waals surface area contributed by atoms with Crippen LogP contribution in [0.4, 0.5) is 0 Å². The maximum atomic E-state index is 12.5. The fourth-order valence-corrected chi connectivity index (χ4v) is 3.60. The number of ether oxygens (including phenoxy) is 2. The number of imidazole rings is 1. The van der Waals surface area contributed by atoms with Crippen LogP contribution in [0.15, 0.2) is 59.9 Å². The molecule has 7 heteroatoms. The van der Waals surface area contributed by atoms with Gasteiger partial charge in [-0.05, 0) is 42.0 Å².